The summed E-state index contributed by atoms with van der Waals surface area (Å²) in [7, 11) is 0. The molecule has 12 aromatic rings. The van der Waals surface area contributed by atoms with Crippen molar-refractivity contribution in [2.45, 2.75) is 25.2 Å². The van der Waals surface area contributed by atoms with Gasteiger partial charge in [-0.2, -0.15) is 0 Å². The van der Waals surface area contributed by atoms with Gasteiger partial charge in [0.1, 0.15) is 0 Å². The summed E-state index contributed by atoms with van der Waals surface area (Å²) >= 11 is 0. The largest absolute Gasteiger partial charge is 0.208 e. The Kier molecular flexibility index (Phi) is 8.92. The van der Waals surface area contributed by atoms with Crippen LogP contribution in [-0.4, -0.2) is 15.0 Å². The quantitative estimate of drug-likeness (QED) is 0.149. The Morgan fingerprint density at radius 1 is 0.360 bits per heavy atom. The molecule has 3 nitrogen and oxygen atoms in total. The van der Waals surface area contributed by atoms with Gasteiger partial charge in [-0.05, 0) is 158 Å². The van der Waals surface area contributed by atoms with E-state index in [9.17, 15) is 0 Å². The van der Waals surface area contributed by atoms with Crippen molar-refractivity contribution in [2.24, 2.45) is 5.92 Å². The van der Waals surface area contributed by atoms with Crippen LogP contribution in [0.1, 0.15) is 58.7 Å². The van der Waals surface area contributed by atoms with Crippen molar-refractivity contribution in [3.05, 3.63) is 269 Å². The molecular formula is C72H47N3. The van der Waals surface area contributed by atoms with Gasteiger partial charge in [0.05, 0.1) is 0 Å². The van der Waals surface area contributed by atoms with Crippen LogP contribution in [-0.2, 0) is 5.41 Å². The second kappa shape index (κ2) is 15.8. The molecule has 0 spiro atoms. The zero-order valence-corrected chi connectivity index (χ0v) is 41.5. The Balaban J connectivity index is 0.986. The summed E-state index contributed by atoms with van der Waals surface area (Å²) in [5.74, 6) is 2.30. The van der Waals surface area contributed by atoms with Gasteiger partial charge in [0.25, 0.3) is 0 Å². The summed E-state index contributed by atoms with van der Waals surface area (Å²) in [6.07, 6.45) is 7.42. The van der Waals surface area contributed by atoms with Crippen molar-refractivity contribution in [3.63, 3.8) is 0 Å². The summed E-state index contributed by atoms with van der Waals surface area (Å²) in [6, 6.07) is 80.2. The van der Waals surface area contributed by atoms with E-state index >= 15 is 0 Å². The SMILES string of the molecule is CC1(C)c2ccccc2-c2ccc(-c3cc(-c4nc(-c5ccccc5)nc(-c5ccccc5)n4)cc(-c4cc5ccc6c(-c7ccccc7)cc7c8c6c5c5c6c(ccc45)C=CC(C=C7c4ccccc4)C68)c3)cc21. The lowest BCUT2D eigenvalue weighted by Gasteiger charge is -2.40. The molecule has 4 aliphatic carbocycles. The second-order valence-corrected chi connectivity index (χ2v) is 21.4. The van der Waals surface area contributed by atoms with Gasteiger partial charge in [0, 0.05) is 33.9 Å². The highest BCUT2D eigenvalue weighted by molar-refractivity contribution is 6.29. The number of nitrogens with zero attached hydrogens (tertiary/aromatic N) is 3. The molecule has 1 heterocycles. The fourth-order valence-corrected chi connectivity index (χ4v) is 13.5. The average molecular weight is 954 g/mol. The topological polar surface area (TPSA) is 38.7 Å². The molecule has 16 rings (SSSR count). The highest BCUT2D eigenvalue weighted by Crippen LogP contribution is 2.59. The number of benzene rings is 11. The predicted molar refractivity (Wildman–Crippen MR) is 310 cm³/mol. The fraction of sp³-hybridized carbons (Fsp3) is 0.0694. The minimum atomic E-state index is -0.155. The second-order valence-electron chi connectivity index (χ2n) is 21.4. The third kappa shape index (κ3) is 6.25. The van der Waals surface area contributed by atoms with Gasteiger partial charge in [-0.25, -0.2) is 15.0 Å². The van der Waals surface area contributed by atoms with Crippen molar-refractivity contribution in [3.8, 4) is 78.7 Å². The first-order chi connectivity index (χ1) is 36.9. The molecule has 11 aromatic carbocycles. The highest BCUT2D eigenvalue weighted by Gasteiger charge is 2.40. The molecule has 2 unspecified atom stereocenters. The molecule has 1 aromatic heterocycles. The first-order valence-electron chi connectivity index (χ1n) is 26.2. The molecular weight excluding hydrogens is 907 g/mol. The first-order valence-corrected chi connectivity index (χ1v) is 26.2. The molecule has 4 aliphatic rings. The van der Waals surface area contributed by atoms with Crippen LogP contribution in [0.15, 0.2) is 231 Å². The molecule has 0 aliphatic heterocycles. The van der Waals surface area contributed by atoms with Crippen LogP contribution in [0.2, 0.25) is 0 Å². The Morgan fingerprint density at radius 3 is 1.63 bits per heavy atom. The molecule has 75 heavy (non-hydrogen) atoms. The van der Waals surface area contributed by atoms with E-state index in [4.69, 9.17) is 15.0 Å². The van der Waals surface area contributed by atoms with Gasteiger partial charge in [0.15, 0.2) is 17.5 Å². The lowest BCUT2D eigenvalue weighted by atomic mass is 9.62. The van der Waals surface area contributed by atoms with Crippen molar-refractivity contribution >= 4 is 44.0 Å². The molecule has 0 fully saturated rings. The van der Waals surface area contributed by atoms with Crippen LogP contribution in [0.3, 0.4) is 0 Å². The molecule has 350 valence electrons. The third-order valence-electron chi connectivity index (χ3n) is 16.9. The molecule has 2 atom stereocenters. The Labute approximate surface area is 435 Å². The number of rotatable bonds is 7. The van der Waals surface area contributed by atoms with Crippen LogP contribution in [0.25, 0.3) is 123 Å². The van der Waals surface area contributed by atoms with Crippen LogP contribution in [0.5, 0.6) is 0 Å². The first kappa shape index (κ1) is 42.2. The van der Waals surface area contributed by atoms with Crippen molar-refractivity contribution in [1.82, 2.24) is 15.0 Å². The molecule has 3 heteroatoms. The summed E-state index contributed by atoms with van der Waals surface area (Å²) in [5, 5.41) is 7.92. The number of fused-ring (bicyclic) bond motifs is 3. The van der Waals surface area contributed by atoms with Gasteiger partial charge < -0.3 is 0 Å². The van der Waals surface area contributed by atoms with E-state index < -0.39 is 0 Å². The van der Waals surface area contributed by atoms with Crippen molar-refractivity contribution < 1.29 is 0 Å². The van der Waals surface area contributed by atoms with Gasteiger partial charge in [-0.3, -0.25) is 0 Å². The van der Waals surface area contributed by atoms with Crippen molar-refractivity contribution in [1.29, 1.82) is 0 Å². The summed E-state index contributed by atoms with van der Waals surface area (Å²) in [5.41, 5.74) is 23.2. The summed E-state index contributed by atoms with van der Waals surface area (Å²) in [4.78, 5) is 15.8. The standard InChI is InChI=1S/C72H47N3/c1-72(2)61-26-16-15-25-53(61)54-32-30-47(40-62(54)72)50-35-51(37-52(36-50)71-74-69(45-21-11-5-12-22-45)73-70(75-71)46-23-13-6-14-24-46)58-39-49-31-34-56-59(43-19-9-4-10-20-43)41-60-57(42-17-7-3-8-18-42)38-48-28-27-44-29-33-55(58)66-63(44)64(48)68(60)67(56)65(49)66/h3-41,48,64H,1-2H3. The van der Waals surface area contributed by atoms with Crippen LogP contribution in [0, 0.1) is 5.92 Å². The van der Waals surface area contributed by atoms with Crippen molar-refractivity contribution in [2.75, 3.05) is 0 Å². The summed E-state index contributed by atoms with van der Waals surface area (Å²) in [6.45, 7) is 4.73. The average Bonchev–Trinajstić information content (AvgIpc) is 3.85. The maximum atomic E-state index is 5.33. The van der Waals surface area contributed by atoms with E-state index in [0.717, 1.165) is 33.4 Å². The van der Waals surface area contributed by atoms with Crippen LogP contribution in [0.4, 0.5) is 0 Å². The third-order valence-corrected chi connectivity index (χ3v) is 16.9. The predicted octanol–water partition coefficient (Wildman–Crippen LogP) is 18.2. The van der Waals surface area contributed by atoms with Gasteiger partial charge in [0.2, 0.25) is 0 Å². The highest BCUT2D eigenvalue weighted by atomic mass is 15.0. The van der Waals surface area contributed by atoms with Gasteiger partial charge >= 0.3 is 0 Å². The number of hydrogen-bond donors (Lipinski definition) is 0. The maximum Gasteiger partial charge on any atom is 0.164 e. The normalized spacial score (nSPS) is 16.0. The summed E-state index contributed by atoms with van der Waals surface area (Å²) < 4.78 is 0. The smallest absolute Gasteiger partial charge is 0.164 e. The lowest BCUT2D eigenvalue weighted by molar-refractivity contribution is 0.660. The van der Waals surface area contributed by atoms with Crippen LogP contribution >= 0.6 is 0 Å². The Morgan fingerprint density at radius 2 is 0.920 bits per heavy atom. The molecule has 0 bridgehead atoms. The van der Waals surface area contributed by atoms with Gasteiger partial charge in [-0.15, -0.1) is 0 Å². The molecule has 0 N–H and O–H groups in total. The molecule has 0 amide bonds. The molecule has 0 saturated heterocycles. The van der Waals surface area contributed by atoms with Crippen LogP contribution < -0.4 is 0 Å². The minimum absolute atomic E-state index is 0.155. The van der Waals surface area contributed by atoms with Gasteiger partial charge in [-0.1, -0.05) is 214 Å². The molecule has 0 radical (unpaired) electrons. The number of hydrogen-bond acceptors (Lipinski definition) is 3. The number of aromatic nitrogens is 3. The lowest BCUT2D eigenvalue weighted by Crippen LogP contribution is -2.23. The van der Waals surface area contributed by atoms with E-state index in [-0.39, 0.29) is 17.3 Å². The Hall–Kier alpha value is -9.31. The zero-order valence-electron chi connectivity index (χ0n) is 41.5. The minimum Gasteiger partial charge on any atom is -0.208 e. The fourth-order valence-electron chi connectivity index (χ4n) is 13.5. The van der Waals surface area contributed by atoms with E-state index in [1.54, 1.807) is 0 Å². The van der Waals surface area contributed by atoms with E-state index in [1.807, 2.05) is 36.4 Å². The monoisotopic (exact) mass is 953 g/mol. The zero-order chi connectivity index (χ0) is 49.5. The van der Waals surface area contributed by atoms with E-state index in [2.05, 4.69) is 214 Å². The maximum absolute atomic E-state index is 5.33. The molecule has 0 saturated carbocycles. The Bertz CT molecular complexity index is 4420. The van der Waals surface area contributed by atoms with E-state index in [1.165, 1.54) is 105 Å². The van der Waals surface area contributed by atoms with E-state index in [0.29, 0.717) is 17.5 Å². The number of allylic oxidation sites excluding steroid dienone is 2.